The Morgan fingerprint density at radius 2 is 1.89 bits per heavy atom. The highest BCUT2D eigenvalue weighted by atomic mass is 79.9. The number of alkyl halides is 4. The number of hydrogen-bond donors (Lipinski definition) is 1. The van der Waals surface area contributed by atoms with Crippen LogP contribution in [0.2, 0.25) is 0 Å². The van der Waals surface area contributed by atoms with Gasteiger partial charge in [-0.25, -0.2) is 0 Å². The van der Waals surface area contributed by atoms with E-state index in [0.717, 1.165) is 37.8 Å². The largest absolute Gasteiger partial charge is 0.416 e. The first-order valence-electron chi connectivity index (χ1n) is 6.07. The number of benzene rings is 1. The summed E-state index contributed by atoms with van der Waals surface area (Å²) in [4.78, 5) is 0. The van der Waals surface area contributed by atoms with Crippen LogP contribution in [0.4, 0.5) is 18.9 Å². The minimum absolute atomic E-state index is 0.191. The lowest BCUT2D eigenvalue weighted by Crippen LogP contribution is -2.37. The molecule has 0 aromatic heterocycles. The molecule has 6 heteroatoms. The van der Waals surface area contributed by atoms with E-state index >= 15 is 0 Å². The summed E-state index contributed by atoms with van der Waals surface area (Å²) in [5.41, 5.74) is -0.184. The van der Waals surface area contributed by atoms with Gasteiger partial charge in [0, 0.05) is 16.0 Å². The minimum atomic E-state index is -4.32. The monoisotopic (exact) mass is 355 g/mol. The number of anilines is 1. The first-order chi connectivity index (χ1) is 8.86. The SMILES string of the molecule is FC(F)(F)c1ccc(NC2(CCl)CCCC2)c(Br)c1. The zero-order valence-electron chi connectivity index (χ0n) is 10.2. The van der Waals surface area contributed by atoms with Gasteiger partial charge in [0.05, 0.1) is 11.1 Å². The molecule has 1 N–H and O–H groups in total. The summed E-state index contributed by atoms with van der Waals surface area (Å²) >= 11 is 9.21. The molecule has 0 atom stereocenters. The zero-order valence-corrected chi connectivity index (χ0v) is 12.5. The molecular formula is C13H14BrClF3N. The van der Waals surface area contributed by atoms with Crippen LogP contribution in [0.15, 0.2) is 22.7 Å². The quantitative estimate of drug-likeness (QED) is 0.712. The number of hydrogen-bond acceptors (Lipinski definition) is 1. The lowest BCUT2D eigenvalue weighted by atomic mass is 9.99. The molecule has 1 fully saturated rings. The lowest BCUT2D eigenvalue weighted by molar-refractivity contribution is -0.137. The molecule has 0 heterocycles. The summed E-state index contributed by atoms with van der Waals surface area (Å²) in [6.45, 7) is 0. The van der Waals surface area contributed by atoms with Crippen molar-refractivity contribution in [3.8, 4) is 0 Å². The Labute approximate surface area is 123 Å². The molecule has 0 amide bonds. The summed E-state index contributed by atoms with van der Waals surface area (Å²) in [6, 6.07) is 3.64. The Morgan fingerprint density at radius 3 is 2.37 bits per heavy atom. The van der Waals surface area contributed by atoms with Crippen molar-refractivity contribution in [3.63, 3.8) is 0 Å². The van der Waals surface area contributed by atoms with Crippen molar-refractivity contribution in [1.82, 2.24) is 0 Å². The van der Waals surface area contributed by atoms with Gasteiger partial charge >= 0.3 is 6.18 Å². The van der Waals surface area contributed by atoms with Gasteiger partial charge in [-0.15, -0.1) is 11.6 Å². The molecule has 2 rings (SSSR count). The molecule has 0 unspecified atom stereocenters. The molecule has 0 saturated heterocycles. The van der Waals surface area contributed by atoms with Gasteiger partial charge in [-0.1, -0.05) is 12.8 Å². The van der Waals surface area contributed by atoms with Gasteiger partial charge in [0.15, 0.2) is 0 Å². The molecule has 1 aromatic rings. The molecule has 0 aliphatic heterocycles. The van der Waals surface area contributed by atoms with Crippen LogP contribution in [0.25, 0.3) is 0 Å². The third-order valence-electron chi connectivity index (χ3n) is 3.51. The van der Waals surface area contributed by atoms with Crippen LogP contribution in [0.1, 0.15) is 31.2 Å². The van der Waals surface area contributed by atoms with Gasteiger partial charge in [-0.05, 0) is 47.0 Å². The highest BCUT2D eigenvalue weighted by molar-refractivity contribution is 9.10. The van der Waals surface area contributed by atoms with E-state index in [0.29, 0.717) is 16.0 Å². The average Bonchev–Trinajstić information content (AvgIpc) is 2.80. The van der Waals surface area contributed by atoms with Crippen molar-refractivity contribution in [1.29, 1.82) is 0 Å². The summed E-state index contributed by atoms with van der Waals surface area (Å²) in [5, 5.41) is 3.30. The highest BCUT2D eigenvalue weighted by Crippen LogP contribution is 2.38. The fourth-order valence-electron chi connectivity index (χ4n) is 2.42. The van der Waals surface area contributed by atoms with Crippen LogP contribution >= 0.6 is 27.5 Å². The van der Waals surface area contributed by atoms with Gasteiger partial charge in [0.2, 0.25) is 0 Å². The molecule has 1 aliphatic carbocycles. The summed E-state index contributed by atoms with van der Waals surface area (Å²) in [5.74, 6) is 0.459. The minimum Gasteiger partial charge on any atom is -0.377 e. The second-order valence-corrected chi connectivity index (χ2v) is 6.06. The summed E-state index contributed by atoms with van der Waals surface area (Å²) in [6.07, 6.45) is -0.234. The predicted octanol–water partition coefficient (Wildman–Crippen LogP) is 5.43. The molecule has 106 valence electrons. The van der Waals surface area contributed by atoms with Crippen molar-refractivity contribution in [2.24, 2.45) is 0 Å². The van der Waals surface area contributed by atoms with Gasteiger partial charge in [0.1, 0.15) is 0 Å². The number of nitrogens with one attached hydrogen (secondary N) is 1. The average molecular weight is 357 g/mol. The van der Waals surface area contributed by atoms with Crippen LogP contribution in [0.3, 0.4) is 0 Å². The lowest BCUT2D eigenvalue weighted by Gasteiger charge is -2.30. The Bertz CT molecular complexity index is 456. The Kier molecular flexibility index (Phi) is 4.35. The van der Waals surface area contributed by atoms with Crippen LogP contribution in [-0.2, 0) is 6.18 Å². The first kappa shape index (κ1) is 15.0. The van der Waals surface area contributed by atoms with E-state index in [1.165, 1.54) is 6.07 Å². The Hall–Kier alpha value is -0.420. The maximum atomic E-state index is 12.6. The second kappa shape index (κ2) is 5.52. The standard InChI is InChI=1S/C13H14BrClF3N/c14-10-7-9(13(16,17)18)3-4-11(10)19-12(8-15)5-1-2-6-12/h3-4,7,19H,1-2,5-6,8H2. The maximum absolute atomic E-state index is 12.6. The maximum Gasteiger partial charge on any atom is 0.416 e. The van der Waals surface area contributed by atoms with Gasteiger partial charge in [0.25, 0.3) is 0 Å². The molecule has 19 heavy (non-hydrogen) atoms. The molecule has 1 nitrogen and oxygen atoms in total. The predicted molar refractivity (Wildman–Crippen MR) is 74.7 cm³/mol. The topological polar surface area (TPSA) is 12.0 Å². The summed E-state index contributed by atoms with van der Waals surface area (Å²) in [7, 11) is 0. The van der Waals surface area contributed by atoms with E-state index in [9.17, 15) is 13.2 Å². The van der Waals surface area contributed by atoms with E-state index in [1.807, 2.05) is 0 Å². The molecule has 1 saturated carbocycles. The van der Waals surface area contributed by atoms with E-state index < -0.39 is 11.7 Å². The highest BCUT2D eigenvalue weighted by Gasteiger charge is 2.34. The van der Waals surface area contributed by atoms with Gasteiger partial charge < -0.3 is 5.32 Å². The van der Waals surface area contributed by atoms with Crippen molar-refractivity contribution < 1.29 is 13.2 Å². The van der Waals surface area contributed by atoms with Gasteiger partial charge in [-0.2, -0.15) is 13.2 Å². The van der Waals surface area contributed by atoms with Crippen LogP contribution < -0.4 is 5.32 Å². The van der Waals surface area contributed by atoms with Crippen molar-refractivity contribution >= 4 is 33.2 Å². The van der Waals surface area contributed by atoms with Crippen molar-refractivity contribution in [2.45, 2.75) is 37.4 Å². The fraction of sp³-hybridized carbons (Fsp3) is 0.538. The second-order valence-electron chi connectivity index (χ2n) is 4.94. The molecule has 0 radical (unpaired) electrons. The van der Waals surface area contributed by atoms with E-state index in [2.05, 4.69) is 21.2 Å². The third kappa shape index (κ3) is 3.37. The van der Waals surface area contributed by atoms with Gasteiger partial charge in [-0.3, -0.25) is 0 Å². The van der Waals surface area contributed by atoms with E-state index in [4.69, 9.17) is 11.6 Å². The third-order valence-corrected chi connectivity index (χ3v) is 4.68. The zero-order chi connectivity index (χ0) is 14.1. The molecule has 0 spiro atoms. The van der Waals surface area contributed by atoms with Crippen molar-refractivity contribution in [3.05, 3.63) is 28.2 Å². The van der Waals surface area contributed by atoms with Crippen LogP contribution in [0, 0.1) is 0 Å². The first-order valence-corrected chi connectivity index (χ1v) is 7.40. The molecule has 1 aliphatic rings. The van der Waals surface area contributed by atoms with Crippen LogP contribution in [-0.4, -0.2) is 11.4 Å². The van der Waals surface area contributed by atoms with E-state index in [1.54, 1.807) is 0 Å². The number of halogens is 5. The molecule has 1 aromatic carbocycles. The Balaban J connectivity index is 2.22. The molecule has 0 bridgehead atoms. The van der Waals surface area contributed by atoms with Crippen molar-refractivity contribution in [2.75, 3.05) is 11.2 Å². The Morgan fingerprint density at radius 1 is 1.26 bits per heavy atom. The molecular weight excluding hydrogens is 343 g/mol. The number of rotatable bonds is 3. The normalized spacial score (nSPS) is 18.6. The van der Waals surface area contributed by atoms with E-state index in [-0.39, 0.29) is 5.54 Å². The van der Waals surface area contributed by atoms with Crippen LogP contribution in [0.5, 0.6) is 0 Å². The summed E-state index contributed by atoms with van der Waals surface area (Å²) < 4.78 is 38.2. The smallest absolute Gasteiger partial charge is 0.377 e. The fourth-order valence-corrected chi connectivity index (χ4v) is 3.23.